The molecule has 3 rings (SSSR count). The molecular weight excluding hydrogens is 366 g/mol. The second-order valence-electron chi connectivity index (χ2n) is 6.74. The first-order valence-electron chi connectivity index (χ1n) is 8.82. The molecule has 1 saturated heterocycles. The molecular formula is C19H24ClN5O2. The number of methoxy groups -OCH3 is 1. The predicted octanol–water partition coefficient (Wildman–Crippen LogP) is 2.89. The van der Waals surface area contributed by atoms with Crippen LogP contribution < -0.4 is 10.1 Å². The second kappa shape index (κ2) is 8.10. The molecule has 0 aliphatic carbocycles. The van der Waals surface area contributed by atoms with Crippen LogP contribution in [0.3, 0.4) is 0 Å². The second-order valence-corrected chi connectivity index (χ2v) is 7.15. The van der Waals surface area contributed by atoms with Crippen molar-refractivity contribution in [2.45, 2.75) is 13.8 Å². The Kier molecular flexibility index (Phi) is 5.82. The van der Waals surface area contributed by atoms with Gasteiger partial charge < -0.3 is 19.9 Å². The van der Waals surface area contributed by atoms with Crippen molar-refractivity contribution in [3.63, 3.8) is 0 Å². The molecule has 1 amide bonds. The number of carbonyl (C=O) groups is 1. The van der Waals surface area contributed by atoms with Crippen LogP contribution in [0.25, 0.3) is 0 Å². The standard InChI is InChI=1S/C19H24ClN5O2/c1-12-9-15(17(27-4)11-14(12)20)22-19-21-13(2)10-16(23-19)18(26)25-7-5-24(3)6-8-25/h9-11H,5-8H2,1-4H3,(H,21,22,23). The topological polar surface area (TPSA) is 70.6 Å². The molecule has 144 valence electrons. The highest BCUT2D eigenvalue weighted by Crippen LogP contribution is 2.32. The fraction of sp³-hybridized carbons (Fsp3) is 0.421. The fourth-order valence-electron chi connectivity index (χ4n) is 2.96. The third kappa shape index (κ3) is 4.48. The van der Waals surface area contributed by atoms with E-state index in [0.717, 1.165) is 24.3 Å². The summed E-state index contributed by atoms with van der Waals surface area (Å²) in [7, 11) is 3.63. The number of carbonyl (C=O) groups excluding carboxylic acids is 1. The first-order chi connectivity index (χ1) is 12.9. The molecule has 0 spiro atoms. The van der Waals surface area contributed by atoms with Crippen LogP contribution in [0, 0.1) is 13.8 Å². The number of halogens is 1. The minimum atomic E-state index is -0.0732. The number of rotatable bonds is 4. The lowest BCUT2D eigenvalue weighted by atomic mass is 10.2. The smallest absolute Gasteiger partial charge is 0.272 e. The summed E-state index contributed by atoms with van der Waals surface area (Å²) in [5.41, 5.74) is 2.71. The van der Waals surface area contributed by atoms with Gasteiger partial charge >= 0.3 is 0 Å². The summed E-state index contributed by atoms with van der Waals surface area (Å²) >= 11 is 6.16. The number of aryl methyl sites for hydroxylation is 2. The minimum absolute atomic E-state index is 0.0732. The molecule has 1 aliphatic rings. The number of nitrogens with one attached hydrogen (secondary N) is 1. The summed E-state index contributed by atoms with van der Waals surface area (Å²) in [6, 6.07) is 5.33. The van der Waals surface area contributed by atoms with Crippen molar-refractivity contribution in [1.82, 2.24) is 19.8 Å². The van der Waals surface area contributed by atoms with E-state index in [-0.39, 0.29) is 5.91 Å². The van der Waals surface area contributed by atoms with Crippen molar-refractivity contribution in [3.8, 4) is 5.75 Å². The van der Waals surface area contributed by atoms with Crippen LogP contribution in [0.2, 0.25) is 5.02 Å². The van der Waals surface area contributed by atoms with Gasteiger partial charge in [-0.1, -0.05) is 11.6 Å². The van der Waals surface area contributed by atoms with E-state index in [9.17, 15) is 4.79 Å². The van der Waals surface area contributed by atoms with Crippen LogP contribution in [-0.4, -0.2) is 66.0 Å². The Morgan fingerprint density at radius 3 is 2.52 bits per heavy atom. The molecule has 0 bridgehead atoms. The Balaban J connectivity index is 1.86. The van der Waals surface area contributed by atoms with Crippen molar-refractivity contribution >= 4 is 29.1 Å². The maximum atomic E-state index is 12.8. The van der Waals surface area contributed by atoms with Gasteiger partial charge in [-0.15, -0.1) is 0 Å². The van der Waals surface area contributed by atoms with Gasteiger partial charge in [0, 0.05) is 43.0 Å². The van der Waals surface area contributed by atoms with Crippen LogP contribution in [0.5, 0.6) is 5.75 Å². The van der Waals surface area contributed by atoms with Crippen molar-refractivity contribution in [2.24, 2.45) is 0 Å². The zero-order valence-corrected chi connectivity index (χ0v) is 16.8. The Bertz CT molecular complexity index is 850. The fourth-order valence-corrected chi connectivity index (χ4v) is 3.11. The van der Waals surface area contributed by atoms with Gasteiger partial charge in [0.15, 0.2) is 0 Å². The lowest BCUT2D eigenvalue weighted by Crippen LogP contribution is -2.47. The van der Waals surface area contributed by atoms with Crippen LogP contribution in [0.15, 0.2) is 18.2 Å². The van der Waals surface area contributed by atoms with E-state index < -0.39 is 0 Å². The summed E-state index contributed by atoms with van der Waals surface area (Å²) in [5.74, 6) is 0.867. The van der Waals surface area contributed by atoms with Gasteiger partial charge in [0.1, 0.15) is 11.4 Å². The Morgan fingerprint density at radius 2 is 1.85 bits per heavy atom. The van der Waals surface area contributed by atoms with Gasteiger partial charge in [0.25, 0.3) is 5.91 Å². The summed E-state index contributed by atoms with van der Waals surface area (Å²) in [6.07, 6.45) is 0. The third-order valence-corrected chi connectivity index (χ3v) is 5.00. The van der Waals surface area contributed by atoms with E-state index in [2.05, 4.69) is 27.2 Å². The Labute approximate surface area is 164 Å². The van der Waals surface area contributed by atoms with Gasteiger partial charge in [-0.25, -0.2) is 9.97 Å². The number of piperazine rings is 1. The zero-order chi connectivity index (χ0) is 19.6. The van der Waals surface area contributed by atoms with Crippen molar-refractivity contribution in [1.29, 1.82) is 0 Å². The number of ether oxygens (including phenoxy) is 1. The maximum Gasteiger partial charge on any atom is 0.272 e. The summed E-state index contributed by atoms with van der Waals surface area (Å²) in [5, 5.41) is 3.77. The van der Waals surface area contributed by atoms with Gasteiger partial charge in [0.05, 0.1) is 12.8 Å². The number of likely N-dealkylation sites (N-methyl/N-ethyl adjacent to an activating group) is 1. The maximum absolute atomic E-state index is 12.8. The minimum Gasteiger partial charge on any atom is -0.495 e. The van der Waals surface area contributed by atoms with Crippen LogP contribution in [0.1, 0.15) is 21.7 Å². The summed E-state index contributed by atoms with van der Waals surface area (Å²) in [6.45, 7) is 6.88. The molecule has 1 fully saturated rings. The average molecular weight is 390 g/mol. The van der Waals surface area contributed by atoms with E-state index >= 15 is 0 Å². The predicted molar refractivity (Wildman–Crippen MR) is 106 cm³/mol. The summed E-state index contributed by atoms with van der Waals surface area (Å²) < 4.78 is 5.38. The lowest BCUT2D eigenvalue weighted by Gasteiger charge is -2.32. The summed E-state index contributed by atoms with van der Waals surface area (Å²) in [4.78, 5) is 25.7. The highest BCUT2D eigenvalue weighted by Gasteiger charge is 2.22. The molecule has 0 atom stereocenters. The van der Waals surface area contributed by atoms with Crippen LogP contribution in [-0.2, 0) is 0 Å². The molecule has 27 heavy (non-hydrogen) atoms. The molecule has 1 aromatic heterocycles. The molecule has 7 nitrogen and oxygen atoms in total. The molecule has 2 heterocycles. The SMILES string of the molecule is COc1cc(Cl)c(C)cc1Nc1nc(C)cc(C(=O)N2CCN(C)CC2)n1. The van der Waals surface area contributed by atoms with E-state index in [0.29, 0.717) is 41.2 Å². The van der Waals surface area contributed by atoms with E-state index in [1.807, 2.05) is 24.8 Å². The number of benzene rings is 1. The number of aromatic nitrogens is 2. The number of amides is 1. The largest absolute Gasteiger partial charge is 0.495 e. The number of anilines is 2. The molecule has 2 aromatic rings. The van der Waals surface area contributed by atoms with E-state index in [1.54, 1.807) is 19.2 Å². The van der Waals surface area contributed by atoms with Gasteiger partial charge in [-0.05, 0) is 38.6 Å². The molecule has 0 unspecified atom stereocenters. The van der Waals surface area contributed by atoms with Crippen LogP contribution >= 0.6 is 11.6 Å². The Morgan fingerprint density at radius 1 is 1.15 bits per heavy atom. The first kappa shape index (κ1) is 19.4. The van der Waals surface area contributed by atoms with Crippen molar-refractivity contribution in [2.75, 3.05) is 45.7 Å². The molecule has 1 N–H and O–H groups in total. The lowest BCUT2D eigenvalue weighted by molar-refractivity contribution is 0.0658. The monoisotopic (exact) mass is 389 g/mol. The van der Waals surface area contributed by atoms with Gasteiger partial charge in [-0.3, -0.25) is 4.79 Å². The number of hydrogen-bond acceptors (Lipinski definition) is 6. The van der Waals surface area contributed by atoms with Crippen molar-refractivity contribution in [3.05, 3.63) is 40.2 Å². The number of hydrogen-bond donors (Lipinski definition) is 1. The third-order valence-electron chi connectivity index (χ3n) is 4.59. The quantitative estimate of drug-likeness (QED) is 0.867. The molecule has 1 aliphatic heterocycles. The van der Waals surface area contributed by atoms with Gasteiger partial charge in [-0.2, -0.15) is 0 Å². The highest BCUT2D eigenvalue weighted by molar-refractivity contribution is 6.31. The molecule has 8 heteroatoms. The average Bonchev–Trinajstić information content (AvgIpc) is 2.64. The van der Waals surface area contributed by atoms with E-state index in [1.165, 1.54) is 0 Å². The zero-order valence-electron chi connectivity index (χ0n) is 16.0. The van der Waals surface area contributed by atoms with Crippen LogP contribution in [0.4, 0.5) is 11.6 Å². The van der Waals surface area contributed by atoms with E-state index in [4.69, 9.17) is 16.3 Å². The number of nitrogens with zero attached hydrogens (tertiary/aromatic N) is 4. The normalized spacial score (nSPS) is 14.9. The molecule has 0 radical (unpaired) electrons. The van der Waals surface area contributed by atoms with Gasteiger partial charge in [0.2, 0.25) is 5.95 Å². The highest BCUT2D eigenvalue weighted by atomic mass is 35.5. The molecule has 1 aromatic carbocycles. The first-order valence-corrected chi connectivity index (χ1v) is 9.20. The van der Waals surface area contributed by atoms with Crippen molar-refractivity contribution < 1.29 is 9.53 Å². The Hall–Kier alpha value is -2.38. The molecule has 0 saturated carbocycles.